The first-order valence-corrected chi connectivity index (χ1v) is 11.2. The highest BCUT2D eigenvalue weighted by atomic mass is 35.5. The molecule has 0 aliphatic heterocycles. The Morgan fingerprint density at radius 1 is 0.906 bits per heavy atom. The molecule has 0 aliphatic carbocycles. The van der Waals surface area contributed by atoms with Crippen molar-refractivity contribution < 1.29 is 9.59 Å². The van der Waals surface area contributed by atoms with Gasteiger partial charge < -0.3 is 10.2 Å². The van der Waals surface area contributed by atoms with E-state index in [0.717, 1.165) is 16.7 Å². The summed E-state index contributed by atoms with van der Waals surface area (Å²) >= 11 is 12.7. The number of nitrogens with one attached hydrogen (secondary N) is 1. The smallest absolute Gasteiger partial charge is 0.242 e. The summed E-state index contributed by atoms with van der Waals surface area (Å²) in [5.41, 5.74) is 3.56. The molecule has 3 aromatic rings. The minimum atomic E-state index is -0.684. The van der Waals surface area contributed by atoms with Gasteiger partial charge in [-0.2, -0.15) is 0 Å². The molecule has 0 saturated heterocycles. The lowest BCUT2D eigenvalue weighted by atomic mass is 10.0. The number of amides is 2. The van der Waals surface area contributed by atoms with E-state index in [1.54, 1.807) is 30.1 Å². The number of nitrogens with zero attached hydrogens (tertiary/aromatic N) is 1. The molecule has 1 atom stereocenters. The summed E-state index contributed by atoms with van der Waals surface area (Å²) < 4.78 is 0. The summed E-state index contributed by atoms with van der Waals surface area (Å²) in [5, 5.41) is 3.59. The zero-order valence-electron chi connectivity index (χ0n) is 18.1. The summed E-state index contributed by atoms with van der Waals surface area (Å²) in [7, 11) is 1.59. The van der Waals surface area contributed by atoms with Gasteiger partial charge in [-0.3, -0.25) is 9.59 Å². The highest BCUT2D eigenvalue weighted by molar-refractivity contribution is 6.36. The van der Waals surface area contributed by atoms with Crippen LogP contribution in [-0.2, 0) is 29.0 Å². The fraction of sp³-hybridized carbons (Fsp3) is 0.231. The molecule has 0 heterocycles. The van der Waals surface area contributed by atoms with Gasteiger partial charge in [0, 0.05) is 30.1 Å². The van der Waals surface area contributed by atoms with E-state index in [1.807, 2.05) is 61.5 Å². The molecule has 6 heteroatoms. The molecule has 0 fully saturated rings. The Labute approximate surface area is 199 Å². The average Bonchev–Trinajstić information content (AvgIpc) is 2.80. The Bertz CT molecular complexity index is 1070. The first-order valence-electron chi connectivity index (χ1n) is 10.4. The third kappa shape index (κ3) is 5.90. The Morgan fingerprint density at radius 3 is 2.16 bits per heavy atom. The summed E-state index contributed by atoms with van der Waals surface area (Å²) in [6.07, 6.45) is 0.404. The van der Waals surface area contributed by atoms with Crippen LogP contribution >= 0.6 is 23.2 Å². The maximum absolute atomic E-state index is 13.6. The number of rotatable bonds is 8. The van der Waals surface area contributed by atoms with Crippen LogP contribution in [0.5, 0.6) is 0 Å². The van der Waals surface area contributed by atoms with Gasteiger partial charge in [0.15, 0.2) is 0 Å². The normalized spacial score (nSPS) is 11.6. The van der Waals surface area contributed by atoms with Gasteiger partial charge in [-0.15, -0.1) is 0 Å². The fourth-order valence-corrected chi connectivity index (χ4v) is 4.18. The molecule has 3 rings (SSSR count). The average molecular weight is 469 g/mol. The highest BCUT2D eigenvalue weighted by Crippen LogP contribution is 2.26. The van der Waals surface area contributed by atoms with Gasteiger partial charge in [0.05, 0.1) is 6.42 Å². The number of likely N-dealkylation sites (N-methyl/N-ethyl adjacent to an activating group) is 1. The zero-order chi connectivity index (χ0) is 23.1. The van der Waals surface area contributed by atoms with Gasteiger partial charge in [0.2, 0.25) is 11.8 Å². The van der Waals surface area contributed by atoms with Gasteiger partial charge in [-0.1, -0.05) is 83.9 Å². The topological polar surface area (TPSA) is 49.4 Å². The van der Waals surface area contributed by atoms with Crippen molar-refractivity contribution in [2.45, 2.75) is 32.4 Å². The quantitative estimate of drug-likeness (QED) is 0.491. The van der Waals surface area contributed by atoms with Crippen molar-refractivity contribution in [2.24, 2.45) is 0 Å². The molecule has 0 radical (unpaired) electrons. The monoisotopic (exact) mass is 468 g/mol. The van der Waals surface area contributed by atoms with Crippen LogP contribution in [0.25, 0.3) is 0 Å². The summed E-state index contributed by atoms with van der Waals surface area (Å²) in [6.45, 7) is 2.30. The van der Waals surface area contributed by atoms with Crippen molar-refractivity contribution in [3.05, 3.63) is 105 Å². The molecule has 1 unspecified atom stereocenters. The molecule has 4 nitrogen and oxygen atoms in total. The molecular weight excluding hydrogens is 443 g/mol. The van der Waals surface area contributed by atoms with Gasteiger partial charge >= 0.3 is 0 Å². The zero-order valence-corrected chi connectivity index (χ0v) is 19.7. The van der Waals surface area contributed by atoms with Crippen LogP contribution in [0.4, 0.5) is 0 Å². The predicted octanol–water partition coefficient (Wildman–Crippen LogP) is 5.23. The van der Waals surface area contributed by atoms with Crippen molar-refractivity contribution in [2.75, 3.05) is 7.05 Å². The van der Waals surface area contributed by atoms with Crippen LogP contribution in [0, 0.1) is 6.92 Å². The number of carbonyl (C=O) groups excluding carboxylic acids is 2. The van der Waals surface area contributed by atoms with Crippen LogP contribution in [-0.4, -0.2) is 29.8 Å². The van der Waals surface area contributed by atoms with Crippen molar-refractivity contribution >= 4 is 35.0 Å². The largest absolute Gasteiger partial charge is 0.357 e. The fourth-order valence-electron chi connectivity index (χ4n) is 3.65. The third-order valence-corrected chi connectivity index (χ3v) is 6.22. The lowest BCUT2D eigenvalue weighted by Gasteiger charge is -2.32. The highest BCUT2D eigenvalue weighted by Gasteiger charge is 2.30. The van der Waals surface area contributed by atoms with E-state index in [2.05, 4.69) is 5.32 Å². The summed E-state index contributed by atoms with van der Waals surface area (Å²) in [5.74, 6) is -0.436. The minimum Gasteiger partial charge on any atom is -0.357 e. The van der Waals surface area contributed by atoms with Gasteiger partial charge in [-0.05, 0) is 41.3 Å². The number of halogens is 2. The van der Waals surface area contributed by atoms with Crippen LogP contribution < -0.4 is 5.32 Å². The predicted molar refractivity (Wildman–Crippen MR) is 130 cm³/mol. The van der Waals surface area contributed by atoms with Crippen LogP contribution in [0.15, 0.2) is 72.8 Å². The molecule has 0 aromatic heterocycles. The van der Waals surface area contributed by atoms with Gasteiger partial charge in [-0.25, -0.2) is 0 Å². The van der Waals surface area contributed by atoms with Crippen LogP contribution in [0.2, 0.25) is 10.0 Å². The van der Waals surface area contributed by atoms with Gasteiger partial charge in [0.25, 0.3) is 0 Å². The maximum Gasteiger partial charge on any atom is 0.242 e. The molecule has 166 valence electrons. The summed E-state index contributed by atoms with van der Waals surface area (Å²) in [6, 6.07) is 22.0. The van der Waals surface area contributed by atoms with Crippen LogP contribution in [0.1, 0.15) is 22.3 Å². The second kappa shape index (κ2) is 11.2. The van der Waals surface area contributed by atoms with Crippen molar-refractivity contribution in [1.82, 2.24) is 10.2 Å². The number of benzene rings is 3. The first-order chi connectivity index (χ1) is 15.4. The number of aryl methyl sites for hydroxylation is 1. The molecule has 0 bridgehead atoms. The first kappa shape index (κ1) is 23.8. The van der Waals surface area contributed by atoms with E-state index in [4.69, 9.17) is 23.2 Å². The van der Waals surface area contributed by atoms with E-state index in [1.165, 1.54) is 0 Å². The molecule has 2 amide bonds. The third-order valence-electron chi connectivity index (χ3n) is 5.51. The number of carbonyl (C=O) groups is 2. The number of hydrogen-bond acceptors (Lipinski definition) is 2. The van der Waals surface area contributed by atoms with E-state index in [9.17, 15) is 9.59 Å². The Kier molecular flexibility index (Phi) is 8.32. The van der Waals surface area contributed by atoms with E-state index < -0.39 is 6.04 Å². The van der Waals surface area contributed by atoms with E-state index in [-0.39, 0.29) is 18.2 Å². The lowest BCUT2D eigenvalue weighted by molar-refractivity contribution is -0.140. The lowest BCUT2D eigenvalue weighted by Crippen LogP contribution is -2.50. The molecule has 3 aromatic carbocycles. The Balaban J connectivity index is 1.99. The number of hydrogen-bond donors (Lipinski definition) is 1. The van der Waals surface area contributed by atoms with E-state index in [0.29, 0.717) is 28.6 Å². The van der Waals surface area contributed by atoms with Gasteiger partial charge in [0.1, 0.15) is 6.04 Å². The molecule has 0 spiro atoms. The van der Waals surface area contributed by atoms with E-state index >= 15 is 0 Å². The SMILES string of the molecule is CNC(=O)C(Cc1ccccc1)N(Cc1ccccc1C)C(=O)Cc1c(Cl)cccc1Cl. The minimum absolute atomic E-state index is 0.00662. The molecule has 1 N–H and O–H groups in total. The second-order valence-corrected chi connectivity index (χ2v) is 8.46. The van der Waals surface area contributed by atoms with Crippen LogP contribution in [0.3, 0.4) is 0 Å². The van der Waals surface area contributed by atoms with Crippen molar-refractivity contribution in [3.63, 3.8) is 0 Å². The molecule has 32 heavy (non-hydrogen) atoms. The Hall–Kier alpha value is -2.82. The Morgan fingerprint density at radius 2 is 1.53 bits per heavy atom. The van der Waals surface area contributed by atoms with Crippen molar-refractivity contribution in [1.29, 1.82) is 0 Å². The second-order valence-electron chi connectivity index (χ2n) is 7.64. The molecule has 0 saturated carbocycles. The standard InChI is InChI=1S/C26H26Cl2N2O2/c1-18-9-6-7-12-20(18)17-30(25(31)16-21-22(27)13-8-14-23(21)28)24(26(32)29-2)15-19-10-4-3-5-11-19/h3-14,24H,15-17H2,1-2H3,(H,29,32). The maximum atomic E-state index is 13.6. The molecular formula is C26H26Cl2N2O2. The van der Waals surface area contributed by atoms with Crippen molar-refractivity contribution in [3.8, 4) is 0 Å². The summed E-state index contributed by atoms with van der Waals surface area (Å²) in [4.78, 5) is 28.2. The molecule has 0 aliphatic rings.